The molecule has 0 saturated carbocycles. The maximum atomic E-state index is 12.9. The van der Waals surface area contributed by atoms with Gasteiger partial charge < -0.3 is 19.7 Å². The number of fused-ring (bicyclic) bond motifs is 5. The molecule has 174 valence electrons. The molecule has 2 bridgehead atoms. The molecular weight excluding hydrogens is 404 g/mol. The maximum absolute atomic E-state index is 12.9. The van der Waals surface area contributed by atoms with E-state index in [1.54, 1.807) is 6.07 Å². The molecule has 5 rings (SSSR count). The Morgan fingerprint density at radius 3 is 2.78 bits per heavy atom. The van der Waals surface area contributed by atoms with E-state index in [9.17, 15) is 14.4 Å². The number of hydrogen-bond donors (Lipinski definition) is 1. The first-order valence-corrected chi connectivity index (χ1v) is 12.6. The fourth-order valence-corrected chi connectivity index (χ4v) is 6.63. The number of nitrogens with one attached hydrogen (secondary N) is 1. The smallest absolute Gasteiger partial charge is 0.250 e. The molecule has 1 aromatic heterocycles. The van der Waals surface area contributed by atoms with Crippen molar-refractivity contribution in [3.05, 3.63) is 34.2 Å². The van der Waals surface area contributed by atoms with E-state index in [1.165, 1.54) is 45.2 Å². The summed E-state index contributed by atoms with van der Waals surface area (Å²) in [6.07, 6.45) is 7.85. The zero-order chi connectivity index (χ0) is 22.1. The van der Waals surface area contributed by atoms with Gasteiger partial charge in [0.25, 0.3) is 5.56 Å². The SMILES string of the molecule is O=C(CCC(=O)N1C[C@H]2C[C@@H](C1)c1cccc(=O)n1C2)NC[C@H]1CCCN2CCCC[C@H]12. The largest absolute Gasteiger partial charge is 0.356 e. The molecule has 5 heterocycles. The van der Waals surface area contributed by atoms with Gasteiger partial charge in [0.1, 0.15) is 0 Å². The van der Waals surface area contributed by atoms with E-state index in [-0.39, 0.29) is 36.1 Å². The van der Waals surface area contributed by atoms with Gasteiger partial charge >= 0.3 is 0 Å². The normalized spacial score (nSPS) is 29.7. The minimum absolute atomic E-state index is 0.000356. The Bertz CT molecular complexity index is 911. The summed E-state index contributed by atoms with van der Waals surface area (Å²) in [5.74, 6) is 1.16. The van der Waals surface area contributed by atoms with Crippen molar-refractivity contribution in [2.75, 3.05) is 32.7 Å². The van der Waals surface area contributed by atoms with Crippen LogP contribution in [-0.4, -0.2) is 64.9 Å². The molecule has 3 fully saturated rings. The summed E-state index contributed by atoms with van der Waals surface area (Å²) < 4.78 is 1.88. The minimum atomic E-state index is 0.000356. The van der Waals surface area contributed by atoms with Crippen LogP contribution in [0.15, 0.2) is 23.0 Å². The van der Waals surface area contributed by atoms with E-state index >= 15 is 0 Å². The summed E-state index contributed by atoms with van der Waals surface area (Å²) in [6, 6.07) is 6.08. The molecule has 1 N–H and O–H groups in total. The average Bonchev–Trinajstić information content (AvgIpc) is 2.81. The van der Waals surface area contributed by atoms with E-state index in [1.807, 2.05) is 21.6 Å². The van der Waals surface area contributed by atoms with Crippen molar-refractivity contribution in [3.63, 3.8) is 0 Å². The van der Waals surface area contributed by atoms with Crippen LogP contribution in [0.25, 0.3) is 0 Å². The standard InChI is InChI=1S/C25H36N4O3/c30-23(26-14-19-5-4-12-27-11-2-1-6-21(19)27)9-10-24(31)28-15-18-13-20(17-28)22-7-3-8-25(32)29(22)16-18/h3,7-8,18-21H,1-2,4-6,9-17H2,(H,26,30)/t18-,19-,20+,21-/m1/s1. The quantitative estimate of drug-likeness (QED) is 0.760. The number of piperidine rings is 3. The Morgan fingerprint density at radius 1 is 1.00 bits per heavy atom. The molecular formula is C25H36N4O3. The molecule has 7 nitrogen and oxygen atoms in total. The molecule has 32 heavy (non-hydrogen) atoms. The van der Waals surface area contributed by atoms with Crippen LogP contribution < -0.4 is 10.9 Å². The van der Waals surface area contributed by atoms with Crippen LogP contribution in [0.4, 0.5) is 0 Å². The highest BCUT2D eigenvalue weighted by molar-refractivity contribution is 5.83. The molecule has 4 atom stereocenters. The van der Waals surface area contributed by atoms with Crippen LogP contribution in [0.5, 0.6) is 0 Å². The molecule has 1 aromatic rings. The third kappa shape index (κ3) is 4.49. The number of pyridine rings is 1. The summed E-state index contributed by atoms with van der Waals surface area (Å²) in [5.41, 5.74) is 1.11. The lowest BCUT2D eigenvalue weighted by molar-refractivity contribution is -0.136. The number of carbonyl (C=O) groups is 2. The summed E-state index contributed by atoms with van der Waals surface area (Å²) in [4.78, 5) is 42.1. The molecule has 3 saturated heterocycles. The van der Waals surface area contributed by atoms with Gasteiger partial charge in [-0.15, -0.1) is 0 Å². The first kappa shape index (κ1) is 21.7. The summed E-state index contributed by atoms with van der Waals surface area (Å²) in [7, 11) is 0. The predicted octanol–water partition coefficient (Wildman–Crippen LogP) is 1.95. The summed E-state index contributed by atoms with van der Waals surface area (Å²) in [6.45, 7) is 5.20. The molecule has 0 aliphatic carbocycles. The Balaban J connectivity index is 1.10. The molecule has 2 amide bonds. The zero-order valence-electron chi connectivity index (χ0n) is 19.0. The van der Waals surface area contributed by atoms with Crippen molar-refractivity contribution in [1.29, 1.82) is 0 Å². The van der Waals surface area contributed by atoms with Crippen molar-refractivity contribution in [1.82, 2.24) is 19.7 Å². The highest BCUT2D eigenvalue weighted by atomic mass is 16.2. The Labute approximate surface area is 190 Å². The van der Waals surface area contributed by atoms with Crippen molar-refractivity contribution in [2.24, 2.45) is 11.8 Å². The molecule has 0 radical (unpaired) electrons. The van der Waals surface area contributed by atoms with Crippen molar-refractivity contribution < 1.29 is 9.59 Å². The van der Waals surface area contributed by atoms with Gasteiger partial charge in [-0.1, -0.05) is 12.5 Å². The average molecular weight is 441 g/mol. The topological polar surface area (TPSA) is 74.6 Å². The number of amides is 2. The van der Waals surface area contributed by atoms with Gasteiger partial charge in [0, 0.05) is 62.7 Å². The highest BCUT2D eigenvalue weighted by Crippen LogP contribution is 2.35. The van der Waals surface area contributed by atoms with Crippen molar-refractivity contribution >= 4 is 11.8 Å². The third-order valence-corrected chi connectivity index (χ3v) is 8.19. The lowest BCUT2D eigenvalue weighted by Crippen LogP contribution is -2.51. The fourth-order valence-electron chi connectivity index (χ4n) is 6.63. The minimum Gasteiger partial charge on any atom is -0.356 e. The van der Waals surface area contributed by atoms with Crippen molar-refractivity contribution in [3.8, 4) is 0 Å². The molecule has 4 aliphatic rings. The number of nitrogens with zero attached hydrogens (tertiary/aromatic N) is 3. The molecule has 0 unspecified atom stereocenters. The molecule has 0 aromatic carbocycles. The number of rotatable bonds is 5. The van der Waals surface area contributed by atoms with Gasteiger partial charge in [-0.3, -0.25) is 14.4 Å². The van der Waals surface area contributed by atoms with Gasteiger partial charge in [-0.2, -0.15) is 0 Å². The van der Waals surface area contributed by atoms with Crippen LogP contribution in [0.3, 0.4) is 0 Å². The summed E-state index contributed by atoms with van der Waals surface area (Å²) >= 11 is 0. The second-order valence-electron chi connectivity index (χ2n) is 10.3. The number of carbonyl (C=O) groups excluding carboxylic acids is 2. The Morgan fingerprint density at radius 2 is 1.88 bits per heavy atom. The van der Waals surface area contributed by atoms with E-state index in [0.29, 0.717) is 37.5 Å². The van der Waals surface area contributed by atoms with Crippen LogP contribution in [0.2, 0.25) is 0 Å². The second-order valence-corrected chi connectivity index (χ2v) is 10.3. The second kappa shape index (κ2) is 9.38. The van der Waals surface area contributed by atoms with E-state index < -0.39 is 0 Å². The summed E-state index contributed by atoms with van der Waals surface area (Å²) in [5, 5.41) is 3.13. The lowest BCUT2D eigenvalue weighted by atomic mass is 9.83. The van der Waals surface area contributed by atoms with Crippen molar-refractivity contribution in [2.45, 2.75) is 69.9 Å². The van der Waals surface area contributed by atoms with Crippen LogP contribution in [-0.2, 0) is 16.1 Å². The maximum Gasteiger partial charge on any atom is 0.250 e. The molecule has 4 aliphatic heterocycles. The number of aromatic nitrogens is 1. The monoisotopic (exact) mass is 440 g/mol. The van der Waals surface area contributed by atoms with Crippen LogP contribution >= 0.6 is 0 Å². The molecule has 0 spiro atoms. The molecule has 7 heteroatoms. The Hall–Kier alpha value is -2.15. The zero-order valence-corrected chi connectivity index (χ0v) is 19.0. The predicted molar refractivity (Wildman–Crippen MR) is 122 cm³/mol. The van der Waals surface area contributed by atoms with E-state index in [0.717, 1.165) is 18.7 Å². The first-order valence-electron chi connectivity index (χ1n) is 12.6. The number of hydrogen-bond acceptors (Lipinski definition) is 4. The highest BCUT2D eigenvalue weighted by Gasteiger charge is 2.36. The van der Waals surface area contributed by atoms with E-state index in [2.05, 4.69) is 10.2 Å². The third-order valence-electron chi connectivity index (χ3n) is 8.19. The van der Waals surface area contributed by atoms with E-state index in [4.69, 9.17) is 0 Å². The fraction of sp³-hybridized carbons (Fsp3) is 0.720. The lowest BCUT2D eigenvalue weighted by Gasteiger charge is -2.44. The Kier molecular flexibility index (Phi) is 6.35. The van der Waals surface area contributed by atoms with Gasteiger partial charge in [0.15, 0.2) is 0 Å². The van der Waals surface area contributed by atoms with Gasteiger partial charge in [-0.25, -0.2) is 0 Å². The van der Waals surface area contributed by atoms with Gasteiger partial charge in [0.05, 0.1) is 0 Å². The van der Waals surface area contributed by atoms with Crippen LogP contribution in [0.1, 0.15) is 63.0 Å². The first-order chi connectivity index (χ1) is 15.6. The van der Waals surface area contributed by atoms with Crippen LogP contribution in [0, 0.1) is 11.8 Å². The van der Waals surface area contributed by atoms with Gasteiger partial charge in [-0.05, 0) is 63.1 Å². The van der Waals surface area contributed by atoms with Gasteiger partial charge in [0.2, 0.25) is 11.8 Å². The number of likely N-dealkylation sites (tertiary alicyclic amines) is 1.